The van der Waals surface area contributed by atoms with Crippen LogP contribution in [-0.4, -0.2) is 39.4 Å². The lowest BCUT2D eigenvalue weighted by Crippen LogP contribution is -2.53. The van der Waals surface area contributed by atoms with Crippen LogP contribution in [0.4, 0.5) is 0 Å². The molecule has 0 unspecified atom stereocenters. The first-order valence-corrected chi connectivity index (χ1v) is 4.45. The summed E-state index contributed by atoms with van der Waals surface area (Å²) in [6.07, 6.45) is 1.82. The van der Waals surface area contributed by atoms with Crippen LogP contribution in [0, 0.1) is 0 Å². The van der Waals surface area contributed by atoms with E-state index in [0.29, 0.717) is 18.5 Å². The van der Waals surface area contributed by atoms with Gasteiger partial charge in [0.2, 0.25) is 0 Å². The second-order valence-corrected chi connectivity index (χ2v) is 3.81. The molecule has 0 aliphatic carbocycles. The zero-order chi connectivity index (χ0) is 9.64. The van der Waals surface area contributed by atoms with Gasteiger partial charge < -0.3 is 15.1 Å². The molecule has 13 heavy (non-hydrogen) atoms. The number of carbonyl (C=O) groups is 1. The maximum Gasteiger partial charge on any atom is 0.251 e. The summed E-state index contributed by atoms with van der Waals surface area (Å²) >= 11 is 0. The molecule has 2 N–H and O–H groups in total. The Morgan fingerprint density at radius 2 is 2.38 bits per heavy atom. The summed E-state index contributed by atoms with van der Waals surface area (Å²) in [5.41, 5.74) is -0.657. The molecule has 0 aromatic rings. The van der Waals surface area contributed by atoms with Gasteiger partial charge in [0, 0.05) is 18.5 Å². The molecule has 2 rings (SSSR count). The third kappa shape index (κ3) is 1.17. The van der Waals surface area contributed by atoms with Crippen molar-refractivity contribution in [3.05, 3.63) is 11.6 Å². The molecule has 2 heterocycles. The number of carbonyl (C=O) groups excluding carboxylic acids is 1. The van der Waals surface area contributed by atoms with E-state index < -0.39 is 11.8 Å². The molecule has 0 aromatic heterocycles. The van der Waals surface area contributed by atoms with Gasteiger partial charge in [-0.2, -0.15) is 0 Å². The van der Waals surface area contributed by atoms with Crippen molar-refractivity contribution >= 4 is 5.91 Å². The molecular weight excluding hydrogens is 170 g/mol. The van der Waals surface area contributed by atoms with Crippen LogP contribution in [-0.2, 0) is 4.79 Å². The molecule has 4 nitrogen and oxygen atoms in total. The molecule has 2 atom stereocenters. The summed E-state index contributed by atoms with van der Waals surface area (Å²) in [7, 11) is 0. The van der Waals surface area contributed by atoms with Crippen molar-refractivity contribution in [1.82, 2.24) is 4.90 Å². The Kier molecular flexibility index (Phi) is 1.72. The van der Waals surface area contributed by atoms with Gasteiger partial charge in [-0.3, -0.25) is 4.79 Å². The number of piperidine rings is 1. The van der Waals surface area contributed by atoms with Crippen molar-refractivity contribution in [2.24, 2.45) is 0 Å². The average Bonchev–Trinajstić information content (AvgIpc) is 2.22. The van der Waals surface area contributed by atoms with Crippen molar-refractivity contribution < 1.29 is 15.0 Å². The second kappa shape index (κ2) is 2.56. The largest absolute Gasteiger partial charge is 0.393 e. The molecule has 0 radical (unpaired) electrons. The van der Waals surface area contributed by atoms with Gasteiger partial charge in [0.15, 0.2) is 5.72 Å². The number of aliphatic hydroxyl groups is 2. The van der Waals surface area contributed by atoms with Crippen LogP contribution in [0.25, 0.3) is 0 Å². The zero-order valence-electron chi connectivity index (χ0n) is 7.53. The first-order valence-electron chi connectivity index (χ1n) is 4.45. The van der Waals surface area contributed by atoms with Crippen LogP contribution in [0.15, 0.2) is 11.6 Å². The fourth-order valence-corrected chi connectivity index (χ4v) is 2.07. The van der Waals surface area contributed by atoms with Crippen molar-refractivity contribution in [3.8, 4) is 0 Å². The van der Waals surface area contributed by atoms with Crippen molar-refractivity contribution in [1.29, 1.82) is 0 Å². The van der Waals surface area contributed by atoms with Crippen LogP contribution in [0.2, 0.25) is 0 Å². The van der Waals surface area contributed by atoms with Gasteiger partial charge >= 0.3 is 0 Å². The average molecular weight is 183 g/mol. The molecule has 2 aliphatic rings. The Morgan fingerprint density at radius 3 is 3.08 bits per heavy atom. The number of nitrogens with zero attached hydrogens (tertiary/aromatic N) is 1. The van der Waals surface area contributed by atoms with E-state index in [1.807, 2.05) is 0 Å². The smallest absolute Gasteiger partial charge is 0.251 e. The van der Waals surface area contributed by atoms with Crippen molar-refractivity contribution in [2.75, 3.05) is 6.54 Å². The van der Waals surface area contributed by atoms with E-state index in [9.17, 15) is 15.0 Å². The zero-order valence-corrected chi connectivity index (χ0v) is 7.53. The van der Waals surface area contributed by atoms with Gasteiger partial charge in [-0.15, -0.1) is 0 Å². The lowest BCUT2D eigenvalue weighted by atomic mass is 9.98. The number of fused-ring (bicyclic) bond motifs is 1. The van der Waals surface area contributed by atoms with Gasteiger partial charge in [-0.1, -0.05) is 0 Å². The van der Waals surface area contributed by atoms with E-state index >= 15 is 0 Å². The highest BCUT2D eigenvalue weighted by Crippen LogP contribution is 2.34. The molecule has 0 aromatic carbocycles. The third-order valence-electron chi connectivity index (χ3n) is 2.72. The minimum atomic E-state index is -1.22. The Balaban J connectivity index is 2.30. The molecule has 4 heteroatoms. The standard InChI is InChI=1S/C9H13NO3/c1-6-4-9(13)5-7(11)2-3-10(9)8(6)12/h4,7,11,13H,2-3,5H2,1H3/t7-,9+/m1/s1. The molecule has 2 aliphatic heterocycles. The summed E-state index contributed by atoms with van der Waals surface area (Å²) in [5, 5.41) is 19.4. The van der Waals surface area contributed by atoms with Gasteiger partial charge in [-0.25, -0.2) is 0 Å². The minimum absolute atomic E-state index is 0.116. The molecule has 0 spiro atoms. The lowest BCUT2D eigenvalue weighted by molar-refractivity contribution is -0.154. The van der Waals surface area contributed by atoms with Gasteiger partial charge in [0.25, 0.3) is 5.91 Å². The normalized spacial score (nSPS) is 39.0. The Labute approximate surface area is 76.5 Å². The lowest BCUT2D eigenvalue weighted by Gasteiger charge is -2.39. The summed E-state index contributed by atoms with van der Waals surface area (Å²) < 4.78 is 0. The van der Waals surface area contributed by atoms with E-state index in [1.54, 1.807) is 6.92 Å². The minimum Gasteiger partial charge on any atom is -0.393 e. The van der Waals surface area contributed by atoms with E-state index in [2.05, 4.69) is 0 Å². The fourth-order valence-electron chi connectivity index (χ4n) is 2.07. The summed E-state index contributed by atoms with van der Waals surface area (Å²) in [6.45, 7) is 2.12. The molecule has 0 saturated carbocycles. The summed E-state index contributed by atoms with van der Waals surface area (Å²) in [5.74, 6) is -0.116. The molecule has 1 amide bonds. The third-order valence-corrected chi connectivity index (χ3v) is 2.72. The number of amides is 1. The maximum atomic E-state index is 11.5. The molecule has 1 saturated heterocycles. The Morgan fingerprint density at radius 1 is 1.69 bits per heavy atom. The van der Waals surface area contributed by atoms with Crippen LogP contribution in [0.3, 0.4) is 0 Å². The Bertz CT molecular complexity index is 287. The van der Waals surface area contributed by atoms with Crippen LogP contribution >= 0.6 is 0 Å². The highest BCUT2D eigenvalue weighted by atomic mass is 16.3. The van der Waals surface area contributed by atoms with Gasteiger partial charge in [0.1, 0.15) is 0 Å². The van der Waals surface area contributed by atoms with Crippen LogP contribution in [0.1, 0.15) is 19.8 Å². The maximum absolute atomic E-state index is 11.5. The van der Waals surface area contributed by atoms with E-state index in [0.717, 1.165) is 0 Å². The SMILES string of the molecule is CC1=C[C@]2(O)C[C@H](O)CCN2C1=O. The monoisotopic (exact) mass is 183 g/mol. The van der Waals surface area contributed by atoms with Crippen molar-refractivity contribution in [2.45, 2.75) is 31.6 Å². The highest BCUT2D eigenvalue weighted by molar-refractivity contribution is 5.96. The number of aliphatic hydroxyl groups excluding tert-OH is 1. The topological polar surface area (TPSA) is 60.8 Å². The molecular formula is C9H13NO3. The van der Waals surface area contributed by atoms with E-state index in [4.69, 9.17) is 0 Å². The first kappa shape index (κ1) is 8.72. The van der Waals surface area contributed by atoms with E-state index in [1.165, 1.54) is 11.0 Å². The van der Waals surface area contributed by atoms with Crippen LogP contribution in [0.5, 0.6) is 0 Å². The molecule has 0 bridgehead atoms. The number of hydrogen-bond acceptors (Lipinski definition) is 3. The van der Waals surface area contributed by atoms with Crippen molar-refractivity contribution in [3.63, 3.8) is 0 Å². The van der Waals surface area contributed by atoms with Gasteiger partial charge in [-0.05, 0) is 19.4 Å². The fraction of sp³-hybridized carbons (Fsp3) is 0.667. The first-order chi connectivity index (χ1) is 6.03. The number of rotatable bonds is 0. The highest BCUT2D eigenvalue weighted by Gasteiger charge is 2.46. The summed E-state index contributed by atoms with van der Waals surface area (Å²) in [4.78, 5) is 12.9. The second-order valence-electron chi connectivity index (χ2n) is 3.81. The predicted molar refractivity (Wildman–Crippen MR) is 45.7 cm³/mol. The van der Waals surface area contributed by atoms with Gasteiger partial charge in [0.05, 0.1) is 6.10 Å². The molecule has 72 valence electrons. The van der Waals surface area contributed by atoms with E-state index in [-0.39, 0.29) is 12.3 Å². The Hall–Kier alpha value is -0.870. The quantitative estimate of drug-likeness (QED) is 0.538. The number of hydrogen-bond donors (Lipinski definition) is 2. The van der Waals surface area contributed by atoms with Crippen LogP contribution < -0.4 is 0 Å². The molecule has 1 fully saturated rings. The predicted octanol–water partition coefficient (Wildman–Crippen LogP) is -0.382. The summed E-state index contributed by atoms with van der Waals surface area (Å²) in [6, 6.07) is 0.